The zero-order valence-electron chi connectivity index (χ0n) is 14.1. The number of hydrogen-bond donors (Lipinski definition) is 2. The molecule has 2 N–H and O–H groups in total. The van der Waals surface area contributed by atoms with Crippen molar-refractivity contribution in [3.63, 3.8) is 0 Å². The Morgan fingerprint density at radius 2 is 2.04 bits per heavy atom. The summed E-state index contributed by atoms with van der Waals surface area (Å²) in [4.78, 5) is 11.6. The van der Waals surface area contributed by atoms with Crippen molar-refractivity contribution in [3.8, 4) is 5.75 Å². The van der Waals surface area contributed by atoms with Crippen LogP contribution in [0.4, 0.5) is 11.4 Å². The SMILES string of the molecule is CC1(C)Cc2cccc(CNc3ccc4c(c3)NC(=O)CC4)c2O1. The van der Waals surface area contributed by atoms with Gasteiger partial charge in [-0.25, -0.2) is 0 Å². The number of rotatable bonds is 3. The van der Waals surface area contributed by atoms with E-state index >= 15 is 0 Å². The summed E-state index contributed by atoms with van der Waals surface area (Å²) in [5.74, 6) is 1.11. The van der Waals surface area contributed by atoms with Gasteiger partial charge in [-0.15, -0.1) is 0 Å². The van der Waals surface area contributed by atoms with Crippen molar-refractivity contribution in [2.75, 3.05) is 10.6 Å². The quantitative estimate of drug-likeness (QED) is 0.901. The minimum Gasteiger partial charge on any atom is -0.487 e. The first-order valence-corrected chi connectivity index (χ1v) is 8.47. The summed E-state index contributed by atoms with van der Waals surface area (Å²) in [5, 5.41) is 6.40. The monoisotopic (exact) mass is 322 g/mol. The second-order valence-corrected chi connectivity index (χ2v) is 7.22. The molecule has 0 fully saturated rings. The first kappa shape index (κ1) is 15.1. The summed E-state index contributed by atoms with van der Waals surface area (Å²) < 4.78 is 6.12. The molecule has 2 aliphatic rings. The number of ether oxygens (including phenoxy) is 1. The minimum absolute atomic E-state index is 0.0937. The Bertz CT molecular complexity index is 811. The summed E-state index contributed by atoms with van der Waals surface area (Å²) in [6.45, 7) is 4.94. The molecule has 0 saturated carbocycles. The number of benzene rings is 2. The fourth-order valence-electron chi connectivity index (χ4n) is 3.50. The number of fused-ring (bicyclic) bond motifs is 2. The van der Waals surface area contributed by atoms with Crippen LogP contribution in [0.3, 0.4) is 0 Å². The van der Waals surface area contributed by atoms with Gasteiger partial charge in [0.1, 0.15) is 11.4 Å². The molecule has 0 radical (unpaired) electrons. The zero-order chi connectivity index (χ0) is 16.7. The molecule has 0 unspecified atom stereocenters. The van der Waals surface area contributed by atoms with E-state index in [1.165, 1.54) is 16.7 Å². The highest BCUT2D eigenvalue weighted by Gasteiger charge is 2.31. The molecule has 1 amide bonds. The lowest BCUT2D eigenvalue weighted by Crippen LogP contribution is -2.25. The van der Waals surface area contributed by atoms with Gasteiger partial charge in [0.15, 0.2) is 0 Å². The summed E-state index contributed by atoms with van der Waals surface area (Å²) in [6.07, 6.45) is 2.33. The maximum absolute atomic E-state index is 11.6. The van der Waals surface area contributed by atoms with Crippen LogP contribution in [0.1, 0.15) is 37.0 Å². The molecular formula is C20H22N2O2. The third kappa shape index (κ3) is 2.84. The second-order valence-electron chi connectivity index (χ2n) is 7.22. The Morgan fingerprint density at radius 1 is 1.17 bits per heavy atom. The highest BCUT2D eigenvalue weighted by molar-refractivity contribution is 5.94. The first-order valence-electron chi connectivity index (χ1n) is 8.47. The maximum Gasteiger partial charge on any atom is 0.224 e. The third-order valence-electron chi connectivity index (χ3n) is 4.66. The van der Waals surface area contributed by atoms with Crippen LogP contribution in [-0.4, -0.2) is 11.5 Å². The largest absolute Gasteiger partial charge is 0.487 e. The van der Waals surface area contributed by atoms with E-state index in [0.717, 1.165) is 30.0 Å². The Balaban J connectivity index is 1.52. The zero-order valence-corrected chi connectivity index (χ0v) is 14.1. The number of carbonyl (C=O) groups is 1. The van der Waals surface area contributed by atoms with Gasteiger partial charge in [0.2, 0.25) is 5.91 Å². The van der Waals surface area contributed by atoms with Crippen LogP contribution in [0.5, 0.6) is 5.75 Å². The standard InChI is InChI=1S/C20H22N2O2/c1-20(2)11-14-4-3-5-15(19(14)24-20)12-21-16-8-6-13-7-9-18(23)22-17(13)10-16/h3-6,8,10,21H,7,9,11-12H2,1-2H3,(H,22,23). The molecule has 4 heteroatoms. The van der Waals surface area contributed by atoms with Gasteiger partial charge in [-0.05, 0) is 43.5 Å². The molecule has 4 nitrogen and oxygen atoms in total. The fourth-order valence-corrected chi connectivity index (χ4v) is 3.50. The van der Waals surface area contributed by atoms with Gasteiger partial charge in [-0.2, -0.15) is 0 Å². The van der Waals surface area contributed by atoms with Crippen LogP contribution in [0.2, 0.25) is 0 Å². The molecular weight excluding hydrogens is 300 g/mol. The lowest BCUT2D eigenvalue weighted by atomic mass is 10.0. The van der Waals surface area contributed by atoms with Crippen molar-refractivity contribution < 1.29 is 9.53 Å². The van der Waals surface area contributed by atoms with E-state index in [1.807, 2.05) is 6.07 Å². The van der Waals surface area contributed by atoms with Crippen LogP contribution in [-0.2, 0) is 24.2 Å². The van der Waals surface area contributed by atoms with Crippen molar-refractivity contribution in [1.29, 1.82) is 0 Å². The Labute approximate surface area is 142 Å². The van der Waals surface area contributed by atoms with Crippen molar-refractivity contribution in [1.82, 2.24) is 0 Å². The van der Waals surface area contributed by atoms with Crippen LogP contribution in [0, 0.1) is 0 Å². The summed E-state index contributed by atoms with van der Waals surface area (Å²) in [5.41, 5.74) is 5.44. The Hall–Kier alpha value is -2.49. The van der Waals surface area contributed by atoms with E-state index in [0.29, 0.717) is 13.0 Å². The van der Waals surface area contributed by atoms with E-state index in [9.17, 15) is 4.79 Å². The van der Waals surface area contributed by atoms with Gasteiger partial charge in [0, 0.05) is 36.3 Å². The van der Waals surface area contributed by atoms with Crippen molar-refractivity contribution in [3.05, 3.63) is 53.1 Å². The number of hydrogen-bond acceptors (Lipinski definition) is 3. The van der Waals surface area contributed by atoms with Crippen LogP contribution < -0.4 is 15.4 Å². The molecule has 0 atom stereocenters. The summed E-state index contributed by atoms with van der Waals surface area (Å²) >= 11 is 0. The Morgan fingerprint density at radius 3 is 2.92 bits per heavy atom. The lowest BCUT2D eigenvalue weighted by Gasteiger charge is -2.19. The van der Waals surface area contributed by atoms with E-state index in [4.69, 9.17) is 4.74 Å². The highest BCUT2D eigenvalue weighted by atomic mass is 16.5. The third-order valence-corrected chi connectivity index (χ3v) is 4.66. The molecule has 0 spiro atoms. The second kappa shape index (κ2) is 5.55. The van der Waals surface area contributed by atoms with Gasteiger partial charge in [-0.3, -0.25) is 4.79 Å². The minimum atomic E-state index is -0.130. The molecule has 0 bridgehead atoms. The summed E-state index contributed by atoms with van der Waals surface area (Å²) in [6, 6.07) is 12.5. The van der Waals surface area contributed by atoms with E-state index in [2.05, 4.69) is 54.8 Å². The predicted molar refractivity (Wildman–Crippen MR) is 95.6 cm³/mol. The van der Waals surface area contributed by atoms with Crippen LogP contribution >= 0.6 is 0 Å². The molecule has 124 valence electrons. The maximum atomic E-state index is 11.6. The predicted octanol–water partition coefficient (Wildman–Crippen LogP) is 3.90. The van der Waals surface area contributed by atoms with E-state index < -0.39 is 0 Å². The van der Waals surface area contributed by atoms with Crippen molar-refractivity contribution in [2.45, 2.75) is 45.3 Å². The molecule has 2 aliphatic heterocycles. The number of carbonyl (C=O) groups excluding carboxylic acids is 1. The number of aryl methyl sites for hydroxylation is 1. The highest BCUT2D eigenvalue weighted by Crippen LogP contribution is 2.38. The number of amides is 1. The van der Waals surface area contributed by atoms with Gasteiger partial charge in [0.25, 0.3) is 0 Å². The smallest absolute Gasteiger partial charge is 0.224 e. The van der Waals surface area contributed by atoms with E-state index in [-0.39, 0.29) is 11.5 Å². The molecule has 2 aromatic carbocycles. The molecule has 24 heavy (non-hydrogen) atoms. The average molecular weight is 322 g/mol. The fraction of sp³-hybridized carbons (Fsp3) is 0.350. The van der Waals surface area contributed by atoms with Gasteiger partial charge < -0.3 is 15.4 Å². The number of para-hydroxylation sites is 1. The number of anilines is 2. The molecule has 0 saturated heterocycles. The first-order chi connectivity index (χ1) is 11.5. The average Bonchev–Trinajstić information content (AvgIpc) is 2.86. The molecule has 0 aromatic heterocycles. The van der Waals surface area contributed by atoms with Crippen LogP contribution in [0.15, 0.2) is 36.4 Å². The number of nitrogens with one attached hydrogen (secondary N) is 2. The van der Waals surface area contributed by atoms with Crippen molar-refractivity contribution in [2.24, 2.45) is 0 Å². The molecule has 4 rings (SSSR count). The molecule has 2 heterocycles. The normalized spacial score (nSPS) is 17.5. The Kier molecular flexibility index (Phi) is 3.48. The van der Waals surface area contributed by atoms with Crippen molar-refractivity contribution >= 4 is 17.3 Å². The van der Waals surface area contributed by atoms with Gasteiger partial charge >= 0.3 is 0 Å². The summed E-state index contributed by atoms with van der Waals surface area (Å²) in [7, 11) is 0. The van der Waals surface area contributed by atoms with E-state index in [1.54, 1.807) is 0 Å². The topological polar surface area (TPSA) is 50.4 Å². The van der Waals surface area contributed by atoms with Crippen LogP contribution in [0.25, 0.3) is 0 Å². The molecule has 2 aromatic rings. The lowest BCUT2D eigenvalue weighted by molar-refractivity contribution is -0.116. The van der Waals surface area contributed by atoms with Gasteiger partial charge in [-0.1, -0.05) is 24.3 Å². The molecule has 0 aliphatic carbocycles. The van der Waals surface area contributed by atoms with Gasteiger partial charge in [0.05, 0.1) is 0 Å².